The van der Waals surface area contributed by atoms with Crippen LogP contribution >= 0.6 is 0 Å². The first-order valence-electron chi connectivity index (χ1n) is 12.0. The lowest BCUT2D eigenvalue weighted by Crippen LogP contribution is -2.44. The molecule has 2 unspecified atom stereocenters. The summed E-state index contributed by atoms with van der Waals surface area (Å²) in [5, 5.41) is 10.2. The fourth-order valence-electron chi connectivity index (χ4n) is 5.93. The van der Waals surface area contributed by atoms with Gasteiger partial charge >= 0.3 is 0 Å². The zero-order valence-corrected chi connectivity index (χ0v) is 20.9. The predicted octanol–water partition coefficient (Wildman–Crippen LogP) is 2.03. The smallest absolute Gasteiger partial charge is 0.293 e. The number of ketones is 1. The summed E-state index contributed by atoms with van der Waals surface area (Å²) in [7, 11) is 1.61. The third kappa shape index (κ3) is 3.93. The number of anilines is 1. The summed E-state index contributed by atoms with van der Waals surface area (Å²) < 4.78 is 5.37. The molecule has 36 heavy (non-hydrogen) atoms. The van der Waals surface area contributed by atoms with Crippen molar-refractivity contribution in [2.75, 3.05) is 32.5 Å². The molecule has 1 aliphatic carbocycles. The topological polar surface area (TPSA) is 159 Å². The Labute approximate surface area is 208 Å². The molecule has 1 saturated heterocycles. The maximum atomic E-state index is 13.4. The highest BCUT2D eigenvalue weighted by atomic mass is 16.5. The van der Waals surface area contributed by atoms with E-state index in [2.05, 4.69) is 39.3 Å². The van der Waals surface area contributed by atoms with E-state index in [-0.39, 0.29) is 40.8 Å². The van der Waals surface area contributed by atoms with E-state index in [0.717, 1.165) is 16.5 Å². The number of nitrogens with one attached hydrogen (secondary N) is 3. The van der Waals surface area contributed by atoms with Crippen molar-refractivity contribution in [2.24, 2.45) is 5.41 Å². The molecule has 0 bridgehead atoms. The van der Waals surface area contributed by atoms with Crippen LogP contribution in [0.15, 0.2) is 18.2 Å². The average Bonchev–Trinajstić information content (AvgIpc) is 3.55. The van der Waals surface area contributed by atoms with Crippen LogP contribution in [0, 0.1) is 5.41 Å². The van der Waals surface area contributed by atoms with Crippen molar-refractivity contribution in [2.45, 2.75) is 45.1 Å². The van der Waals surface area contributed by atoms with E-state index in [0.29, 0.717) is 43.8 Å². The van der Waals surface area contributed by atoms with Gasteiger partial charge in [-0.1, -0.05) is 13.8 Å². The van der Waals surface area contributed by atoms with Gasteiger partial charge in [-0.25, -0.2) is 5.10 Å². The number of aromatic nitrogens is 4. The Morgan fingerprint density at radius 3 is 2.78 bits per heavy atom. The highest BCUT2D eigenvalue weighted by Crippen LogP contribution is 2.48. The molecule has 5 N–H and O–H groups in total. The quantitative estimate of drug-likeness (QED) is 0.423. The van der Waals surface area contributed by atoms with Crippen LogP contribution in [-0.2, 0) is 10.2 Å². The van der Waals surface area contributed by atoms with Gasteiger partial charge in [0, 0.05) is 42.7 Å². The van der Waals surface area contributed by atoms with E-state index in [1.165, 1.54) is 0 Å². The van der Waals surface area contributed by atoms with Gasteiger partial charge in [-0.05, 0) is 48.9 Å². The second-order valence-corrected chi connectivity index (χ2v) is 10.8. The largest absolute Gasteiger partial charge is 0.384 e. The van der Waals surface area contributed by atoms with E-state index in [4.69, 9.17) is 10.5 Å². The van der Waals surface area contributed by atoms with E-state index in [1.807, 2.05) is 19.1 Å². The Morgan fingerprint density at radius 2 is 2.08 bits per heavy atom. The number of carbonyl (C=O) groups is 3. The van der Waals surface area contributed by atoms with Crippen molar-refractivity contribution < 1.29 is 19.1 Å². The SMILES string of the molecule is COCC1(C)CC(C)(C)c2c([nH]c3ccc(C(=O)NC4CCN(C(=O)c5n[nH]c(N)n5)C4)cc23)C1=O. The molecule has 0 radical (unpaired) electrons. The number of hydrogen-bond acceptors (Lipinski definition) is 7. The molecule has 0 spiro atoms. The van der Waals surface area contributed by atoms with Gasteiger partial charge in [0.05, 0.1) is 17.7 Å². The van der Waals surface area contributed by atoms with Crippen molar-refractivity contribution in [3.63, 3.8) is 0 Å². The number of carbonyl (C=O) groups excluding carboxylic acids is 3. The highest BCUT2D eigenvalue weighted by Gasteiger charge is 2.48. The number of aromatic amines is 2. The molecular formula is C25H31N7O4. The maximum Gasteiger partial charge on any atom is 0.293 e. The second-order valence-electron chi connectivity index (χ2n) is 10.8. The molecule has 3 heterocycles. The fourth-order valence-corrected chi connectivity index (χ4v) is 5.93. The predicted molar refractivity (Wildman–Crippen MR) is 133 cm³/mol. The number of nitrogen functional groups attached to an aromatic ring is 1. The number of rotatable bonds is 5. The Morgan fingerprint density at radius 1 is 1.31 bits per heavy atom. The van der Waals surface area contributed by atoms with Gasteiger partial charge in [0.2, 0.25) is 11.8 Å². The van der Waals surface area contributed by atoms with E-state index in [1.54, 1.807) is 18.1 Å². The summed E-state index contributed by atoms with van der Waals surface area (Å²) >= 11 is 0. The lowest BCUT2D eigenvalue weighted by molar-refractivity contribution is 0.0439. The number of nitrogens with two attached hydrogens (primary N) is 1. The van der Waals surface area contributed by atoms with Crippen LogP contribution in [0.25, 0.3) is 10.9 Å². The minimum absolute atomic E-state index is 0.0147. The van der Waals surface area contributed by atoms with Gasteiger partial charge in [0.1, 0.15) is 0 Å². The Kier molecular flexibility index (Phi) is 5.62. The number of methoxy groups -OCH3 is 1. The summed E-state index contributed by atoms with van der Waals surface area (Å²) in [5.41, 5.74) is 7.47. The Hall–Kier alpha value is -3.73. The van der Waals surface area contributed by atoms with Crippen LogP contribution in [0.3, 0.4) is 0 Å². The van der Waals surface area contributed by atoms with Gasteiger partial charge in [-0.3, -0.25) is 14.4 Å². The molecule has 2 amide bonds. The van der Waals surface area contributed by atoms with Crippen LogP contribution in [0.4, 0.5) is 5.95 Å². The number of amides is 2. The third-order valence-corrected chi connectivity index (χ3v) is 7.31. The molecule has 190 valence electrons. The minimum Gasteiger partial charge on any atom is -0.384 e. The molecule has 1 aromatic carbocycles. The van der Waals surface area contributed by atoms with Crippen LogP contribution in [0.2, 0.25) is 0 Å². The molecule has 2 aliphatic rings. The van der Waals surface area contributed by atoms with Gasteiger partial charge in [0.15, 0.2) is 5.78 Å². The molecule has 3 aromatic rings. The second kappa shape index (κ2) is 8.44. The molecule has 11 nitrogen and oxygen atoms in total. The molecular weight excluding hydrogens is 462 g/mol. The number of nitrogens with zero attached hydrogens (tertiary/aromatic N) is 3. The zero-order valence-electron chi connectivity index (χ0n) is 20.9. The monoisotopic (exact) mass is 493 g/mol. The first kappa shape index (κ1) is 24.0. The van der Waals surface area contributed by atoms with Gasteiger partial charge in [0.25, 0.3) is 11.8 Å². The zero-order chi connectivity index (χ0) is 25.8. The molecule has 0 saturated carbocycles. The number of fused-ring (bicyclic) bond motifs is 3. The van der Waals surface area contributed by atoms with Crippen molar-refractivity contribution in [1.82, 2.24) is 30.4 Å². The summed E-state index contributed by atoms with van der Waals surface area (Å²) in [6, 6.07) is 5.25. The number of hydrogen-bond donors (Lipinski definition) is 4. The van der Waals surface area contributed by atoms with Crippen LogP contribution in [0.1, 0.15) is 70.6 Å². The molecule has 2 atom stereocenters. The van der Waals surface area contributed by atoms with Crippen molar-refractivity contribution in [1.29, 1.82) is 0 Å². The summed E-state index contributed by atoms with van der Waals surface area (Å²) in [5.74, 6) is -0.423. The molecule has 2 aromatic heterocycles. The normalized spacial score (nSPS) is 23.2. The first-order valence-corrected chi connectivity index (χ1v) is 12.0. The highest BCUT2D eigenvalue weighted by molar-refractivity contribution is 6.08. The molecule has 1 fully saturated rings. The number of ether oxygens (including phenoxy) is 1. The average molecular weight is 494 g/mol. The summed E-state index contributed by atoms with van der Waals surface area (Å²) in [6.07, 6.45) is 1.27. The van der Waals surface area contributed by atoms with Crippen molar-refractivity contribution in [3.8, 4) is 0 Å². The van der Waals surface area contributed by atoms with Gasteiger partial charge < -0.3 is 25.7 Å². The summed E-state index contributed by atoms with van der Waals surface area (Å²) in [4.78, 5) is 47.9. The molecule has 5 rings (SSSR count). The van der Waals surface area contributed by atoms with Crippen LogP contribution < -0.4 is 11.1 Å². The standard InChI is InChI=1S/C25H31N7O4/c1-24(2)11-25(3,12-36-4)19(33)18-17(24)15-9-13(5-6-16(15)28-18)21(34)27-14-7-8-32(10-14)22(35)20-29-23(26)31-30-20/h5-6,9,14,28H,7-8,10-12H2,1-4H3,(H,27,34)(H3,26,29,30,31). The van der Waals surface area contributed by atoms with E-state index < -0.39 is 5.41 Å². The Balaban J connectivity index is 1.36. The van der Waals surface area contributed by atoms with Crippen molar-refractivity contribution in [3.05, 3.63) is 40.8 Å². The Bertz CT molecular complexity index is 1370. The number of H-pyrrole nitrogens is 2. The molecule has 1 aliphatic heterocycles. The number of Topliss-reactive ketones (excluding diaryl/α,β-unsaturated/α-hetero) is 1. The minimum atomic E-state index is -0.616. The van der Waals surface area contributed by atoms with E-state index >= 15 is 0 Å². The van der Waals surface area contributed by atoms with Crippen LogP contribution in [0.5, 0.6) is 0 Å². The lowest BCUT2D eigenvalue weighted by Gasteiger charge is -2.41. The first-order chi connectivity index (χ1) is 17.0. The van der Waals surface area contributed by atoms with Gasteiger partial charge in [-0.15, -0.1) is 5.10 Å². The molecule has 11 heteroatoms. The summed E-state index contributed by atoms with van der Waals surface area (Å²) in [6.45, 7) is 7.39. The third-order valence-electron chi connectivity index (χ3n) is 7.31. The fraction of sp³-hybridized carbons (Fsp3) is 0.480. The lowest BCUT2D eigenvalue weighted by atomic mass is 9.62. The number of benzene rings is 1. The van der Waals surface area contributed by atoms with E-state index in [9.17, 15) is 14.4 Å². The van der Waals surface area contributed by atoms with Gasteiger partial charge in [-0.2, -0.15) is 4.98 Å². The number of likely N-dealkylation sites (tertiary alicyclic amines) is 1. The maximum absolute atomic E-state index is 13.4. The van der Waals surface area contributed by atoms with Crippen molar-refractivity contribution >= 4 is 34.4 Å². The van der Waals surface area contributed by atoms with Crippen LogP contribution in [-0.4, -0.2) is 75.5 Å².